The van der Waals surface area contributed by atoms with Crippen molar-refractivity contribution in [3.8, 4) is 17.0 Å². The molecule has 3 aromatic rings. The van der Waals surface area contributed by atoms with Gasteiger partial charge in [-0.15, -0.1) is 11.8 Å². The topological polar surface area (TPSA) is 39.0 Å². The molecule has 0 saturated heterocycles. The first kappa shape index (κ1) is 22.2. The largest absolute Gasteiger partial charge is 0.497 e. The lowest BCUT2D eigenvalue weighted by Gasteiger charge is -2.30. The first-order valence-corrected chi connectivity index (χ1v) is 13.1. The lowest BCUT2D eigenvalue weighted by molar-refractivity contribution is 0.128. The van der Waals surface area contributed by atoms with Crippen molar-refractivity contribution in [3.63, 3.8) is 0 Å². The summed E-state index contributed by atoms with van der Waals surface area (Å²) in [7, 11) is 1.75. The van der Waals surface area contributed by atoms with E-state index in [2.05, 4.69) is 65.9 Å². The SMILES string of the molecule is COc1cc(C)cc(C)c1-c1cccc2c(N(CC3CC3)CC3CCC=CO3)c(SC)nn12. The van der Waals surface area contributed by atoms with Crippen LogP contribution in [0.5, 0.6) is 5.75 Å². The van der Waals surface area contributed by atoms with Crippen LogP contribution in [0.15, 0.2) is 47.7 Å². The quantitative estimate of drug-likeness (QED) is 0.369. The molecule has 1 atom stereocenters. The van der Waals surface area contributed by atoms with Crippen molar-refractivity contribution in [3.05, 3.63) is 53.8 Å². The average Bonchev–Trinajstić information content (AvgIpc) is 3.55. The molecule has 0 radical (unpaired) electrons. The number of allylic oxidation sites excluding steroid dienone is 1. The second-order valence-corrected chi connectivity index (χ2v) is 10.1. The highest BCUT2D eigenvalue weighted by Gasteiger charge is 2.30. The molecule has 0 N–H and O–H groups in total. The van der Waals surface area contributed by atoms with Crippen LogP contribution in [0.4, 0.5) is 5.69 Å². The average molecular weight is 464 g/mol. The van der Waals surface area contributed by atoms with E-state index in [1.807, 2.05) is 6.26 Å². The second-order valence-electron chi connectivity index (χ2n) is 9.28. The van der Waals surface area contributed by atoms with Crippen molar-refractivity contribution in [2.24, 2.45) is 5.92 Å². The van der Waals surface area contributed by atoms with Crippen molar-refractivity contribution in [2.75, 3.05) is 31.4 Å². The van der Waals surface area contributed by atoms with E-state index >= 15 is 0 Å². The molecule has 5 nitrogen and oxygen atoms in total. The van der Waals surface area contributed by atoms with Crippen LogP contribution in [0.2, 0.25) is 0 Å². The highest BCUT2D eigenvalue weighted by molar-refractivity contribution is 7.98. The maximum absolute atomic E-state index is 5.97. The Bertz CT molecular complexity index is 1180. The van der Waals surface area contributed by atoms with Gasteiger partial charge in [-0.2, -0.15) is 5.10 Å². The van der Waals surface area contributed by atoms with E-state index in [0.29, 0.717) is 0 Å². The molecule has 0 bridgehead atoms. The predicted octanol–water partition coefficient (Wildman–Crippen LogP) is 6.26. The van der Waals surface area contributed by atoms with E-state index in [1.165, 1.54) is 29.7 Å². The van der Waals surface area contributed by atoms with Gasteiger partial charge in [0.1, 0.15) is 16.9 Å². The number of methoxy groups -OCH3 is 1. The highest BCUT2D eigenvalue weighted by atomic mass is 32.2. The molecule has 2 aliphatic rings. The van der Waals surface area contributed by atoms with Gasteiger partial charge in [0.2, 0.25) is 0 Å². The van der Waals surface area contributed by atoms with E-state index in [9.17, 15) is 0 Å². The van der Waals surface area contributed by atoms with Gasteiger partial charge < -0.3 is 14.4 Å². The zero-order valence-corrected chi connectivity index (χ0v) is 20.8. The Morgan fingerprint density at radius 1 is 1.18 bits per heavy atom. The fourth-order valence-electron chi connectivity index (χ4n) is 4.91. The Morgan fingerprint density at radius 3 is 2.73 bits per heavy atom. The van der Waals surface area contributed by atoms with E-state index in [0.717, 1.165) is 59.4 Å². The Morgan fingerprint density at radius 2 is 2.03 bits per heavy atom. The summed E-state index contributed by atoms with van der Waals surface area (Å²) in [4.78, 5) is 2.54. The first-order valence-electron chi connectivity index (χ1n) is 11.9. The normalized spacial score (nSPS) is 17.9. The zero-order chi connectivity index (χ0) is 22.9. The number of rotatable bonds is 8. The molecular weight excluding hydrogens is 430 g/mol. The molecule has 5 rings (SSSR count). The molecule has 1 aliphatic carbocycles. The van der Waals surface area contributed by atoms with Crippen LogP contribution >= 0.6 is 11.8 Å². The van der Waals surface area contributed by atoms with Gasteiger partial charge in [0.05, 0.1) is 36.8 Å². The van der Waals surface area contributed by atoms with Crippen LogP contribution in [0.1, 0.15) is 36.8 Å². The number of anilines is 1. The molecule has 33 heavy (non-hydrogen) atoms. The minimum Gasteiger partial charge on any atom is -0.497 e. The minimum atomic E-state index is 0.223. The monoisotopic (exact) mass is 463 g/mol. The van der Waals surface area contributed by atoms with E-state index in [1.54, 1.807) is 18.9 Å². The standard InChI is InChI=1S/C27H33N3O2S/c1-18-14-19(2)25(24(15-18)31-3)22-9-7-10-23-26(27(33-4)28-30(22)23)29(16-20-11-12-20)17-21-8-5-6-13-32-21/h6-7,9-10,13-15,20-21H,5,8,11-12,16-17H2,1-4H3. The van der Waals surface area contributed by atoms with Gasteiger partial charge in [-0.3, -0.25) is 0 Å². The number of aryl methyl sites for hydroxylation is 2. The fraction of sp³-hybridized carbons (Fsp3) is 0.444. The van der Waals surface area contributed by atoms with Crippen molar-refractivity contribution in [1.82, 2.24) is 9.61 Å². The maximum atomic E-state index is 5.97. The molecule has 1 aromatic carbocycles. The minimum absolute atomic E-state index is 0.223. The van der Waals surface area contributed by atoms with Gasteiger partial charge in [-0.1, -0.05) is 12.1 Å². The Balaban J connectivity index is 1.63. The molecule has 1 aliphatic heterocycles. The van der Waals surface area contributed by atoms with Gasteiger partial charge in [0.25, 0.3) is 0 Å². The number of ether oxygens (including phenoxy) is 2. The van der Waals surface area contributed by atoms with Crippen LogP contribution < -0.4 is 9.64 Å². The lowest BCUT2D eigenvalue weighted by Crippen LogP contribution is -2.35. The van der Waals surface area contributed by atoms with Gasteiger partial charge in [0, 0.05) is 12.1 Å². The van der Waals surface area contributed by atoms with Crippen LogP contribution in [0, 0.1) is 19.8 Å². The molecule has 1 saturated carbocycles. The summed E-state index contributed by atoms with van der Waals surface area (Å²) in [5.74, 6) is 1.66. The van der Waals surface area contributed by atoms with Crippen LogP contribution in [-0.4, -0.2) is 42.2 Å². The third kappa shape index (κ3) is 4.45. The summed E-state index contributed by atoms with van der Waals surface area (Å²) in [6, 6.07) is 10.8. The number of hydrogen-bond acceptors (Lipinski definition) is 5. The highest BCUT2D eigenvalue weighted by Crippen LogP contribution is 2.41. The van der Waals surface area contributed by atoms with Crippen LogP contribution in [-0.2, 0) is 4.74 Å². The summed E-state index contributed by atoms with van der Waals surface area (Å²) in [6.07, 6.45) is 11.1. The van der Waals surface area contributed by atoms with Crippen molar-refractivity contribution in [2.45, 2.75) is 50.7 Å². The van der Waals surface area contributed by atoms with Gasteiger partial charge in [-0.05, 0) is 87.1 Å². The molecular formula is C27H33N3O2S. The number of thioether (sulfide) groups is 1. The van der Waals surface area contributed by atoms with Crippen molar-refractivity contribution < 1.29 is 9.47 Å². The smallest absolute Gasteiger partial charge is 0.142 e. The lowest BCUT2D eigenvalue weighted by atomic mass is 10.0. The first-order chi connectivity index (χ1) is 16.1. The Hall–Kier alpha value is -2.60. The van der Waals surface area contributed by atoms with E-state index in [-0.39, 0.29) is 6.10 Å². The van der Waals surface area contributed by atoms with Crippen molar-refractivity contribution in [1.29, 1.82) is 0 Å². The fourth-order valence-corrected chi connectivity index (χ4v) is 5.50. The van der Waals surface area contributed by atoms with Crippen molar-refractivity contribution >= 4 is 23.0 Å². The number of nitrogens with zero attached hydrogens (tertiary/aromatic N) is 3. The summed E-state index contributed by atoms with van der Waals surface area (Å²) in [5.41, 5.74) is 6.93. The molecule has 1 fully saturated rings. The summed E-state index contributed by atoms with van der Waals surface area (Å²) in [6.45, 7) is 6.22. The number of hydrogen-bond donors (Lipinski definition) is 0. The summed E-state index contributed by atoms with van der Waals surface area (Å²) in [5, 5.41) is 6.18. The number of fused-ring (bicyclic) bond motifs is 1. The zero-order valence-electron chi connectivity index (χ0n) is 20.0. The van der Waals surface area contributed by atoms with Crippen LogP contribution in [0.3, 0.4) is 0 Å². The third-order valence-corrected chi connectivity index (χ3v) is 7.31. The molecule has 6 heteroatoms. The number of aromatic nitrogens is 2. The van der Waals surface area contributed by atoms with E-state index < -0.39 is 0 Å². The summed E-state index contributed by atoms with van der Waals surface area (Å²) < 4.78 is 13.9. The Labute approximate surface area is 200 Å². The van der Waals surface area contributed by atoms with Gasteiger partial charge in [-0.25, -0.2) is 4.52 Å². The molecule has 0 spiro atoms. The third-order valence-electron chi connectivity index (χ3n) is 6.65. The molecule has 0 amide bonds. The molecule has 3 heterocycles. The number of pyridine rings is 1. The number of benzene rings is 1. The molecule has 1 unspecified atom stereocenters. The second kappa shape index (κ2) is 9.34. The predicted molar refractivity (Wildman–Crippen MR) is 137 cm³/mol. The van der Waals surface area contributed by atoms with Gasteiger partial charge in [0.15, 0.2) is 0 Å². The summed E-state index contributed by atoms with van der Waals surface area (Å²) >= 11 is 1.72. The van der Waals surface area contributed by atoms with E-state index in [4.69, 9.17) is 14.6 Å². The Kier molecular flexibility index (Phi) is 6.28. The molecule has 174 valence electrons. The van der Waals surface area contributed by atoms with Crippen LogP contribution in [0.25, 0.3) is 16.8 Å². The molecule has 2 aromatic heterocycles. The maximum Gasteiger partial charge on any atom is 0.142 e. The van der Waals surface area contributed by atoms with Gasteiger partial charge >= 0.3 is 0 Å².